The van der Waals surface area contributed by atoms with E-state index >= 15 is 0 Å². The van der Waals surface area contributed by atoms with Crippen molar-refractivity contribution in [3.05, 3.63) is 53.1 Å². The molecule has 26 heavy (non-hydrogen) atoms. The summed E-state index contributed by atoms with van der Waals surface area (Å²) in [6.45, 7) is 0. The molecular formula is C18H19ClN2O4S. The zero-order chi connectivity index (χ0) is 18.9. The van der Waals surface area contributed by atoms with Gasteiger partial charge in [-0.25, -0.2) is 0 Å². The number of ether oxygens (including phenoxy) is 2. The molecule has 0 spiro atoms. The number of hydrogen-bond donors (Lipinski definition) is 2. The highest BCUT2D eigenvalue weighted by atomic mass is 35.5. The van der Waals surface area contributed by atoms with Crippen molar-refractivity contribution in [1.29, 1.82) is 0 Å². The zero-order valence-corrected chi connectivity index (χ0v) is 15.9. The Labute approximate surface area is 161 Å². The molecule has 0 fully saturated rings. The first kappa shape index (κ1) is 19.9. The van der Waals surface area contributed by atoms with E-state index in [1.165, 1.54) is 26.0 Å². The van der Waals surface area contributed by atoms with Gasteiger partial charge >= 0.3 is 0 Å². The summed E-state index contributed by atoms with van der Waals surface area (Å²) < 4.78 is 10.2. The highest BCUT2D eigenvalue weighted by molar-refractivity contribution is 7.99. The highest BCUT2D eigenvalue weighted by Crippen LogP contribution is 2.26. The lowest BCUT2D eigenvalue weighted by Gasteiger charge is -2.10. The van der Waals surface area contributed by atoms with Crippen LogP contribution in [-0.4, -0.2) is 31.8 Å². The Morgan fingerprint density at radius 3 is 2.31 bits per heavy atom. The number of carbonyl (C=O) groups excluding carboxylic acids is 2. The summed E-state index contributed by atoms with van der Waals surface area (Å²) in [7, 11) is 2.99. The summed E-state index contributed by atoms with van der Waals surface area (Å²) in [4.78, 5) is 25.0. The zero-order valence-electron chi connectivity index (χ0n) is 14.4. The Morgan fingerprint density at radius 1 is 1.04 bits per heavy atom. The molecule has 138 valence electrons. The van der Waals surface area contributed by atoms with Crippen molar-refractivity contribution in [1.82, 2.24) is 10.9 Å². The molecule has 0 aliphatic rings. The molecule has 2 rings (SSSR count). The van der Waals surface area contributed by atoms with Crippen molar-refractivity contribution < 1.29 is 19.1 Å². The number of amides is 2. The van der Waals surface area contributed by atoms with E-state index < -0.39 is 5.91 Å². The van der Waals surface area contributed by atoms with Gasteiger partial charge in [0.1, 0.15) is 11.5 Å². The number of rotatable bonds is 7. The van der Waals surface area contributed by atoms with Crippen LogP contribution in [0.1, 0.15) is 16.8 Å². The molecular weight excluding hydrogens is 376 g/mol. The van der Waals surface area contributed by atoms with Gasteiger partial charge in [0, 0.05) is 28.7 Å². The van der Waals surface area contributed by atoms with Gasteiger partial charge in [-0.15, -0.1) is 11.8 Å². The van der Waals surface area contributed by atoms with Crippen LogP contribution in [0, 0.1) is 0 Å². The van der Waals surface area contributed by atoms with Crippen LogP contribution in [0.2, 0.25) is 5.02 Å². The van der Waals surface area contributed by atoms with Gasteiger partial charge < -0.3 is 9.47 Å². The minimum Gasteiger partial charge on any atom is -0.497 e. The third-order valence-corrected chi connectivity index (χ3v) is 4.87. The molecule has 0 saturated carbocycles. The van der Waals surface area contributed by atoms with Gasteiger partial charge in [-0.05, 0) is 24.3 Å². The predicted octanol–water partition coefficient (Wildman–Crippen LogP) is 3.30. The molecule has 8 heteroatoms. The standard InChI is InChI=1S/C18H19ClN2O4S/c1-24-13-9-12(10-14(11-13)25-2)18(23)21-20-17(22)7-8-26-16-6-4-3-5-15(16)19/h3-6,9-11H,7-8H2,1-2H3,(H,20,22)(H,21,23). The van der Waals surface area contributed by atoms with E-state index in [1.807, 2.05) is 18.2 Å². The predicted molar refractivity (Wildman–Crippen MR) is 102 cm³/mol. The summed E-state index contributed by atoms with van der Waals surface area (Å²) in [5.74, 6) is 0.745. The van der Waals surface area contributed by atoms with Gasteiger partial charge in [-0.2, -0.15) is 0 Å². The van der Waals surface area contributed by atoms with Crippen LogP contribution in [-0.2, 0) is 4.79 Å². The van der Waals surface area contributed by atoms with E-state index in [4.69, 9.17) is 21.1 Å². The summed E-state index contributed by atoms with van der Waals surface area (Å²) >= 11 is 7.54. The molecule has 0 heterocycles. The molecule has 0 aliphatic heterocycles. The van der Waals surface area contributed by atoms with Crippen molar-refractivity contribution in [3.8, 4) is 11.5 Å². The second-order valence-corrected chi connectivity index (χ2v) is 6.68. The third-order valence-electron chi connectivity index (χ3n) is 3.35. The highest BCUT2D eigenvalue weighted by Gasteiger charge is 2.11. The first-order valence-electron chi connectivity index (χ1n) is 7.73. The average Bonchev–Trinajstić information content (AvgIpc) is 2.67. The van der Waals surface area contributed by atoms with Crippen molar-refractivity contribution in [2.24, 2.45) is 0 Å². The molecule has 2 amide bonds. The third kappa shape index (κ3) is 5.86. The minimum atomic E-state index is -0.464. The number of carbonyl (C=O) groups is 2. The molecule has 0 aliphatic carbocycles. The lowest BCUT2D eigenvalue weighted by molar-refractivity contribution is -0.121. The van der Waals surface area contributed by atoms with Crippen LogP contribution >= 0.6 is 23.4 Å². The van der Waals surface area contributed by atoms with Crippen LogP contribution in [0.15, 0.2) is 47.4 Å². The molecule has 6 nitrogen and oxygen atoms in total. The number of halogens is 1. The maximum absolute atomic E-state index is 12.2. The van der Waals surface area contributed by atoms with Crippen molar-refractivity contribution in [3.63, 3.8) is 0 Å². The molecule has 0 unspecified atom stereocenters. The minimum absolute atomic E-state index is 0.234. The largest absolute Gasteiger partial charge is 0.497 e. The average molecular weight is 395 g/mol. The van der Waals surface area contributed by atoms with Gasteiger partial charge in [0.05, 0.1) is 19.2 Å². The van der Waals surface area contributed by atoms with Gasteiger partial charge in [0.2, 0.25) is 5.91 Å². The maximum atomic E-state index is 12.2. The number of nitrogens with one attached hydrogen (secondary N) is 2. The quantitative estimate of drug-likeness (QED) is 0.556. The molecule has 2 N–H and O–H groups in total. The summed E-state index contributed by atoms with van der Waals surface area (Å²) in [6, 6.07) is 12.2. The Morgan fingerprint density at radius 2 is 1.69 bits per heavy atom. The molecule has 0 radical (unpaired) electrons. The van der Waals surface area contributed by atoms with Crippen molar-refractivity contribution in [2.75, 3.05) is 20.0 Å². The van der Waals surface area contributed by atoms with E-state index in [-0.39, 0.29) is 12.3 Å². The number of hydrazine groups is 1. The lowest BCUT2D eigenvalue weighted by atomic mass is 10.2. The van der Waals surface area contributed by atoms with Crippen molar-refractivity contribution >= 4 is 35.2 Å². The Kier molecular flexibility index (Phi) is 7.62. The number of thioether (sulfide) groups is 1. The summed E-state index contributed by atoms with van der Waals surface area (Å²) in [5.41, 5.74) is 5.08. The van der Waals surface area contributed by atoms with Crippen LogP contribution < -0.4 is 20.3 Å². The van der Waals surface area contributed by atoms with Crippen LogP contribution in [0.5, 0.6) is 11.5 Å². The van der Waals surface area contributed by atoms with Gasteiger partial charge in [0.25, 0.3) is 5.91 Å². The van der Waals surface area contributed by atoms with Gasteiger partial charge in [-0.1, -0.05) is 23.7 Å². The normalized spacial score (nSPS) is 10.1. The van der Waals surface area contributed by atoms with E-state index in [9.17, 15) is 9.59 Å². The molecule has 0 bridgehead atoms. The fraction of sp³-hybridized carbons (Fsp3) is 0.222. The van der Waals surface area contributed by atoms with E-state index in [2.05, 4.69) is 10.9 Å². The monoisotopic (exact) mass is 394 g/mol. The molecule has 0 atom stereocenters. The summed E-state index contributed by atoms with van der Waals surface area (Å²) in [5, 5.41) is 0.651. The Balaban J connectivity index is 1.81. The number of methoxy groups -OCH3 is 2. The van der Waals surface area contributed by atoms with Gasteiger partial charge in [-0.3, -0.25) is 20.4 Å². The van der Waals surface area contributed by atoms with E-state index in [0.29, 0.717) is 27.8 Å². The molecule has 0 saturated heterocycles. The SMILES string of the molecule is COc1cc(OC)cc(C(=O)NNC(=O)CCSc2ccccc2Cl)c1. The summed E-state index contributed by atoms with van der Waals surface area (Å²) in [6.07, 6.45) is 0.234. The van der Waals surface area contributed by atoms with Crippen molar-refractivity contribution in [2.45, 2.75) is 11.3 Å². The molecule has 0 aromatic heterocycles. The topological polar surface area (TPSA) is 76.7 Å². The smallest absolute Gasteiger partial charge is 0.269 e. The second-order valence-electron chi connectivity index (χ2n) is 5.13. The van der Waals surface area contributed by atoms with E-state index in [0.717, 1.165) is 4.90 Å². The first-order chi connectivity index (χ1) is 12.5. The first-order valence-corrected chi connectivity index (χ1v) is 9.09. The van der Waals surface area contributed by atoms with Crippen LogP contribution in [0.4, 0.5) is 0 Å². The van der Waals surface area contributed by atoms with Gasteiger partial charge in [0.15, 0.2) is 0 Å². The maximum Gasteiger partial charge on any atom is 0.269 e. The number of benzene rings is 2. The molecule has 2 aromatic rings. The Hall–Kier alpha value is -2.38. The Bertz CT molecular complexity index is 763. The second kappa shape index (κ2) is 9.94. The van der Waals surface area contributed by atoms with Crippen LogP contribution in [0.3, 0.4) is 0 Å². The van der Waals surface area contributed by atoms with E-state index in [1.54, 1.807) is 24.3 Å². The molecule has 2 aromatic carbocycles. The number of hydrogen-bond acceptors (Lipinski definition) is 5. The lowest BCUT2D eigenvalue weighted by Crippen LogP contribution is -2.41. The fourth-order valence-electron chi connectivity index (χ4n) is 2.02. The fourth-order valence-corrected chi connectivity index (χ4v) is 3.20. The van der Waals surface area contributed by atoms with Crippen LogP contribution in [0.25, 0.3) is 0 Å².